The smallest absolute Gasteiger partial charge is 0.281 e. The van der Waals surface area contributed by atoms with E-state index in [0.29, 0.717) is 23.9 Å². The minimum atomic E-state index is -0.261. The molecule has 0 bridgehead atoms. The lowest BCUT2D eigenvalue weighted by Gasteiger charge is -2.07. The van der Waals surface area contributed by atoms with Crippen LogP contribution in [0.3, 0.4) is 0 Å². The average Bonchev–Trinajstić information content (AvgIpc) is 3.18. The molecule has 132 valence electrons. The monoisotopic (exact) mass is 355 g/mol. The third kappa shape index (κ3) is 3.74. The summed E-state index contributed by atoms with van der Waals surface area (Å²) in [5.74, 6) is 0.635. The summed E-state index contributed by atoms with van der Waals surface area (Å²) in [7, 11) is 0. The van der Waals surface area contributed by atoms with Crippen molar-refractivity contribution in [2.45, 2.75) is 6.54 Å². The van der Waals surface area contributed by atoms with Crippen molar-refractivity contribution >= 4 is 11.9 Å². The predicted octanol–water partition coefficient (Wildman–Crippen LogP) is 3.64. The van der Waals surface area contributed by atoms with Crippen LogP contribution in [0.5, 0.6) is 0 Å². The molecule has 6 nitrogen and oxygen atoms in total. The number of pyridine rings is 1. The van der Waals surface area contributed by atoms with Gasteiger partial charge in [-0.25, -0.2) is 0 Å². The predicted molar refractivity (Wildman–Crippen MR) is 103 cm³/mol. The summed E-state index contributed by atoms with van der Waals surface area (Å²) in [6.45, 7) is 0.539. The Morgan fingerprint density at radius 3 is 2.26 bits per heavy atom. The van der Waals surface area contributed by atoms with Crippen LogP contribution in [0.2, 0.25) is 0 Å². The van der Waals surface area contributed by atoms with Crippen molar-refractivity contribution in [2.24, 2.45) is 0 Å². The van der Waals surface area contributed by atoms with Crippen LogP contribution in [0, 0.1) is 0 Å². The van der Waals surface area contributed by atoms with Crippen LogP contribution in [0.15, 0.2) is 85.2 Å². The Bertz CT molecular complexity index is 1030. The summed E-state index contributed by atoms with van der Waals surface area (Å²) in [6.07, 6.45) is 3.17. The summed E-state index contributed by atoms with van der Waals surface area (Å²) < 4.78 is 1.31. The first-order chi connectivity index (χ1) is 13.3. The van der Waals surface area contributed by atoms with E-state index in [0.717, 1.165) is 11.1 Å². The van der Waals surface area contributed by atoms with Gasteiger partial charge in [0.05, 0.1) is 0 Å². The van der Waals surface area contributed by atoms with Gasteiger partial charge >= 0.3 is 0 Å². The molecule has 4 rings (SSSR count). The Morgan fingerprint density at radius 2 is 1.56 bits per heavy atom. The van der Waals surface area contributed by atoms with Crippen LogP contribution in [0.1, 0.15) is 15.9 Å². The fourth-order valence-corrected chi connectivity index (χ4v) is 2.67. The number of carbonyl (C=O) groups is 1. The van der Waals surface area contributed by atoms with E-state index in [1.807, 2.05) is 60.7 Å². The molecule has 0 aliphatic carbocycles. The van der Waals surface area contributed by atoms with Crippen LogP contribution in [0.25, 0.3) is 11.4 Å². The number of anilines is 1. The molecule has 6 heteroatoms. The van der Waals surface area contributed by atoms with Crippen LogP contribution in [-0.2, 0) is 6.54 Å². The van der Waals surface area contributed by atoms with E-state index < -0.39 is 0 Å². The lowest BCUT2D eigenvalue weighted by atomic mass is 10.2. The van der Waals surface area contributed by atoms with Crippen LogP contribution in [0.4, 0.5) is 5.95 Å². The fraction of sp³-hybridized carbons (Fsp3) is 0.0476. The van der Waals surface area contributed by atoms with Crippen molar-refractivity contribution in [1.29, 1.82) is 0 Å². The van der Waals surface area contributed by atoms with Gasteiger partial charge in [-0.1, -0.05) is 60.7 Å². The van der Waals surface area contributed by atoms with Gasteiger partial charge in [0.25, 0.3) is 5.91 Å². The van der Waals surface area contributed by atoms with Gasteiger partial charge in [0.15, 0.2) is 5.82 Å². The summed E-state index contributed by atoms with van der Waals surface area (Å²) in [4.78, 5) is 21.4. The molecule has 0 spiro atoms. The molecule has 0 amide bonds. The topological polar surface area (TPSA) is 72.7 Å². The number of carbonyl (C=O) groups excluding carboxylic acids is 1. The van der Waals surface area contributed by atoms with Crippen LogP contribution < -0.4 is 5.32 Å². The van der Waals surface area contributed by atoms with Crippen molar-refractivity contribution < 1.29 is 4.79 Å². The van der Waals surface area contributed by atoms with Crippen LogP contribution in [-0.4, -0.2) is 25.7 Å². The Kier molecular flexibility index (Phi) is 4.70. The first-order valence-electron chi connectivity index (χ1n) is 8.56. The van der Waals surface area contributed by atoms with E-state index in [9.17, 15) is 4.79 Å². The van der Waals surface area contributed by atoms with Gasteiger partial charge in [-0.3, -0.25) is 9.78 Å². The Labute approximate surface area is 156 Å². The highest BCUT2D eigenvalue weighted by atomic mass is 16.2. The third-order valence-electron chi connectivity index (χ3n) is 4.05. The zero-order valence-electron chi connectivity index (χ0n) is 14.5. The number of rotatable bonds is 5. The lowest BCUT2D eigenvalue weighted by Crippen LogP contribution is -2.17. The highest BCUT2D eigenvalue weighted by Gasteiger charge is 2.18. The van der Waals surface area contributed by atoms with Crippen molar-refractivity contribution in [3.63, 3.8) is 0 Å². The second-order valence-electron chi connectivity index (χ2n) is 5.92. The van der Waals surface area contributed by atoms with Gasteiger partial charge in [-0.05, 0) is 17.7 Å². The quantitative estimate of drug-likeness (QED) is 0.592. The van der Waals surface area contributed by atoms with Crippen molar-refractivity contribution in [3.05, 3.63) is 96.3 Å². The summed E-state index contributed by atoms with van der Waals surface area (Å²) in [6, 6.07) is 22.8. The van der Waals surface area contributed by atoms with Gasteiger partial charge < -0.3 is 5.32 Å². The summed E-state index contributed by atoms with van der Waals surface area (Å²) in [5, 5.41) is 7.67. The van der Waals surface area contributed by atoms with E-state index >= 15 is 0 Å². The van der Waals surface area contributed by atoms with Crippen molar-refractivity contribution in [3.8, 4) is 11.4 Å². The molecular formula is C21H17N5O. The summed E-state index contributed by atoms with van der Waals surface area (Å²) in [5.41, 5.74) is 2.43. The number of nitrogens with zero attached hydrogens (tertiary/aromatic N) is 4. The minimum Gasteiger partial charge on any atom is -0.350 e. The molecule has 0 fully saturated rings. The Balaban J connectivity index is 1.69. The maximum absolute atomic E-state index is 12.9. The molecule has 0 saturated heterocycles. The maximum atomic E-state index is 12.9. The molecule has 2 heterocycles. The number of hydrogen-bond acceptors (Lipinski definition) is 5. The highest BCUT2D eigenvalue weighted by molar-refractivity contribution is 5.96. The largest absolute Gasteiger partial charge is 0.350 e. The average molecular weight is 355 g/mol. The molecule has 0 radical (unpaired) electrons. The molecular weight excluding hydrogens is 338 g/mol. The molecule has 0 aliphatic rings. The van der Waals surface area contributed by atoms with E-state index in [-0.39, 0.29) is 5.91 Å². The summed E-state index contributed by atoms with van der Waals surface area (Å²) >= 11 is 0. The first-order valence-corrected chi connectivity index (χ1v) is 8.56. The third-order valence-corrected chi connectivity index (χ3v) is 4.05. The number of nitrogens with one attached hydrogen (secondary N) is 1. The number of aromatic nitrogens is 4. The molecule has 0 unspecified atom stereocenters. The minimum absolute atomic E-state index is 0.261. The first kappa shape index (κ1) is 16.7. The molecule has 0 saturated carbocycles. The van der Waals surface area contributed by atoms with Gasteiger partial charge in [0.2, 0.25) is 5.95 Å². The van der Waals surface area contributed by atoms with Gasteiger partial charge in [0, 0.05) is 30.1 Å². The normalized spacial score (nSPS) is 10.5. The van der Waals surface area contributed by atoms with Crippen molar-refractivity contribution in [1.82, 2.24) is 19.7 Å². The van der Waals surface area contributed by atoms with E-state index in [4.69, 9.17) is 0 Å². The SMILES string of the molecule is O=C(c1ccncc1)n1nc(-c2ccccc2)nc1NCc1ccccc1. The second kappa shape index (κ2) is 7.61. The van der Waals surface area contributed by atoms with Gasteiger partial charge in [0.1, 0.15) is 0 Å². The van der Waals surface area contributed by atoms with Crippen LogP contribution >= 0.6 is 0 Å². The number of benzene rings is 2. The standard InChI is InChI=1S/C21H17N5O/c27-20(18-11-13-22-14-12-18)26-21(23-15-16-7-3-1-4-8-16)24-19(25-26)17-9-5-2-6-10-17/h1-14H,15H2,(H,23,24,25). The second-order valence-corrected chi connectivity index (χ2v) is 5.92. The Morgan fingerprint density at radius 1 is 0.889 bits per heavy atom. The molecule has 2 aromatic heterocycles. The Hall–Kier alpha value is -3.80. The maximum Gasteiger partial charge on any atom is 0.281 e. The van der Waals surface area contributed by atoms with Gasteiger partial charge in [-0.15, -0.1) is 5.10 Å². The molecule has 2 aromatic carbocycles. The lowest BCUT2D eigenvalue weighted by molar-refractivity contribution is 0.0947. The van der Waals surface area contributed by atoms with Crippen molar-refractivity contribution in [2.75, 3.05) is 5.32 Å². The molecule has 1 N–H and O–H groups in total. The van der Waals surface area contributed by atoms with Gasteiger partial charge in [-0.2, -0.15) is 9.67 Å². The van der Waals surface area contributed by atoms with E-state index in [1.165, 1.54) is 4.68 Å². The molecule has 0 atom stereocenters. The zero-order valence-corrected chi connectivity index (χ0v) is 14.5. The van der Waals surface area contributed by atoms with E-state index in [2.05, 4.69) is 20.4 Å². The zero-order chi connectivity index (χ0) is 18.5. The number of hydrogen-bond donors (Lipinski definition) is 1. The molecule has 0 aliphatic heterocycles. The van der Waals surface area contributed by atoms with E-state index in [1.54, 1.807) is 24.5 Å². The molecule has 27 heavy (non-hydrogen) atoms. The molecule has 4 aromatic rings. The fourth-order valence-electron chi connectivity index (χ4n) is 2.67. The highest BCUT2D eigenvalue weighted by Crippen LogP contribution is 2.19.